The first-order valence-corrected chi connectivity index (χ1v) is 6.29. The highest BCUT2D eigenvalue weighted by Gasteiger charge is 2.49. The van der Waals surface area contributed by atoms with Gasteiger partial charge in [0.2, 0.25) is 0 Å². The van der Waals surface area contributed by atoms with Gasteiger partial charge in [-0.25, -0.2) is 0 Å². The largest absolute Gasteiger partial charge is 0.466 e. The van der Waals surface area contributed by atoms with E-state index in [1.165, 1.54) is 11.3 Å². The molecule has 86 valence electrons. The van der Waals surface area contributed by atoms with E-state index < -0.39 is 0 Å². The predicted molar refractivity (Wildman–Crippen MR) is 61.9 cm³/mol. The average Bonchev–Trinajstić information content (AvgIpc) is 2.94. The molecule has 2 rings (SSSR count). The molecular weight excluding hydrogens is 248 g/mol. The summed E-state index contributed by atoms with van der Waals surface area (Å²) in [7, 11) is 0. The molecule has 1 aromatic rings. The van der Waals surface area contributed by atoms with Gasteiger partial charge in [0.25, 0.3) is 0 Å². The third kappa shape index (κ3) is 2.28. The minimum atomic E-state index is -0.261. The van der Waals surface area contributed by atoms with Gasteiger partial charge in [0.15, 0.2) is 5.78 Å². The summed E-state index contributed by atoms with van der Waals surface area (Å²) < 4.78 is 5.47. The highest BCUT2D eigenvalue weighted by molar-refractivity contribution is 7.18. The molecule has 1 fully saturated rings. The van der Waals surface area contributed by atoms with Gasteiger partial charge >= 0.3 is 5.97 Å². The maximum atomic E-state index is 11.9. The smallest absolute Gasteiger partial charge is 0.309 e. The van der Waals surface area contributed by atoms with Crippen LogP contribution in [0, 0.1) is 11.8 Å². The van der Waals surface area contributed by atoms with Crippen LogP contribution in [0.2, 0.25) is 4.34 Å². The van der Waals surface area contributed by atoms with Crippen molar-refractivity contribution in [3.8, 4) is 0 Å². The molecule has 1 aliphatic rings. The number of carbonyl (C=O) groups is 2. The van der Waals surface area contributed by atoms with Crippen molar-refractivity contribution in [1.29, 1.82) is 0 Å². The van der Waals surface area contributed by atoms with E-state index in [1.807, 2.05) is 0 Å². The zero-order valence-electron chi connectivity index (χ0n) is 8.73. The lowest BCUT2D eigenvalue weighted by Crippen LogP contribution is -2.11. The molecule has 1 aromatic heterocycles. The molecule has 1 aliphatic carbocycles. The lowest BCUT2D eigenvalue weighted by atomic mass is 10.2. The van der Waals surface area contributed by atoms with Crippen LogP contribution in [0.15, 0.2) is 12.1 Å². The van der Waals surface area contributed by atoms with E-state index in [2.05, 4.69) is 0 Å². The molecule has 1 heterocycles. The van der Waals surface area contributed by atoms with Gasteiger partial charge in [-0.3, -0.25) is 9.59 Å². The van der Waals surface area contributed by atoms with E-state index in [-0.39, 0.29) is 23.6 Å². The Labute approximate surface area is 102 Å². The Morgan fingerprint density at radius 2 is 2.25 bits per heavy atom. The number of ketones is 1. The van der Waals surface area contributed by atoms with Crippen LogP contribution in [-0.2, 0) is 9.53 Å². The van der Waals surface area contributed by atoms with Crippen molar-refractivity contribution >= 4 is 34.7 Å². The Balaban J connectivity index is 1.97. The van der Waals surface area contributed by atoms with Gasteiger partial charge in [-0.2, -0.15) is 0 Å². The Morgan fingerprint density at radius 1 is 1.50 bits per heavy atom. The standard InChI is InChI=1S/C11H11ClO3S/c1-2-15-11(14)7-5-6(7)10(13)8-3-4-9(12)16-8/h3-4,6-7H,2,5H2,1H3. The number of carbonyl (C=O) groups excluding carboxylic acids is 2. The van der Waals surface area contributed by atoms with Gasteiger partial charge in [0, 0.05) is 5.92 Å². The third-order valence-electron chi connectivity index (χ3n) is 2.53. The first-order valence-electron chi connectivity index (χ1n) is 5.09. The van der Waals surface area contributed by atoms with Crippen molar-refractivity contribution in [2.24, 2.45) is 11.8 Å². The number of thiophene rings is 1. The van der Waals surface area contributed by atoms with Gasteiger partial charge in [-0.1, -0.05) is 11.6 Å². The van der Waals surface area contributed by atoms with Crippen molar-refractivity contribution in [3.05, 3.63) is 21.3 Å². The number of Topliss-reactive ketones (excluding diaryl/α,β-unsaturated/α-hetero) is 1. The van der Waals surface area contributed by atoms with Crippen LogP contribution >= 0.6 is 22.9 Å². The highest BCUT2D eigenvalue weighted by Crippen LogP contribution is 2.43. The molecular formula is C11H11ClO3S. The fourth-order valence-corrected chi connectivity index (χ4v) is 2.67. The van der Waals surface area contributed by atoms with Crippen LogP contribution < -0.4 is 0 Å². The predicted octanol–water partition coefficient (Wildman–Crippen LogP) is 2.78. The zero-order valence-corrected chi connectivity index (χ0v) is 10.3. The van der Waals surface area contributed by atoms with Crippen LogP contribution in [0.5, 0.6) is 0 Å². The molecule has 0 aromatic carbocycles. The van der Waals surface area contributed by atoms with Crippen LogP contribution in [0.1, 0.15) is 23.0 Å². The summed E-state index contributed by atoms with van der Waals surface area (Å²) >= 11 is 7.01. The fourth-order valence-electron chi connectivity index (χ4n) is 1.62. The Morgan fingerprint density at radius 3 is 2.81 bits per heavy atom. The Kier molecular flexibility index (Phi) is 3.30. The number of hydrogen-bond donors (Lipinski definition) is 0. The van der Waals surface area contributed by atoms with Crippen LogP contribution in [0.25, 0.3) is 0 Å². The second-order valence-electron chi connectivity index (χ2n) is 3.67. The molecule has 5 heteroatoms. The third-order valence-corrected chi connectivity index (χ3v) is 3.78. The summed E-state index contributed by atoms with van der Waals surface area (Å²) in [6, 6.07) is 3.40. The number of rotatable bonds is 4. The zero-order chi connectivity index (χ0) is 11.7. The molecule has 3 nitrogen and oxygen atoms in total. The number of hydrogen-bond acceptors (Lipinski definition) is 4. The number of ether oxygens (including phenoxy) is 1. The molecule has 0 amide bonds. The molecule has 2 atom stereocenters. The van der Waals surface area contributed by atoms with Gasteiger partial charge < -0.3 is 4.74 Å². The van der Waals surface area contributed by atoms with Gasteiger partial charge in [0.1, 0.15) is 0 Å². The minimum absolute atomic E-state index is 0.00922. The first-order chi connectivity index (χ1) is 7.63. The molecule has 0 aliphatic heterocycles. The molecule has 0 bridgehead atoms. The van der Waals surface area contributed by atoms with E-state index in [4.69, 9.17) is 16.3 Å². The lowest BCUT2D eigenvalue weighted by molar-refractivity contribution is -0.144. The highest BCUT2D eigenvalue weighted by atomic mass is 35.5. The maximum absolute atomic E-state index is 11.9. The second kappa shape index (κ2) is 4.55. The van der Waals surface area contributed by atoms with E-state index in [0.717, 1.165) is 0 Å². The van der Waals surface area contributed by atoms with Crippen molar-refractivity contribution in [3.63, 3.8) is 0 Å². The summed E-state index contributed by atoms with van der Waals surface area (Å²) in [5, 5.41) is 0. The molecule has 1 saturated carbocycles. The molecule has 0 spiro atoms. The normalized spacial score (nSPS) is 22.9. The van der Waals surface area contributed by atoms with E-state index in [0.29, 0.717) is 22.2 Å². The van der Waals surface area contributed by atoms with Gasteiger partial charge in [-0.05, 0) is 25.5 Å². The number of esters is 1. The second-order valence-corrected chi connectivity index (χ2v) is 5.38. The van der Waals surface area contributed by atoms with E-state index in [9.17, 15) is 9.59 Å². The Hall–Kier alpha value is -0.870. The Bertz CT molecular complexity index is 427. The molecule has 2 unspecified atom stereocenters. The molecule has 16 heavy (non-hydrogen) atoms. The monoisotopic (exact) mass is 258 g/mol. The summed E-state index contributed by atoms with van der Waals surface area (Å²) in [5.74, 6) is -0.694. The number of halogens is 1. The first kappa shape index (κ1) is 11.6. The fraction of sp³-hybridized carbons (Fsp3) is 0.455. The van der Waals surface area contributed by atoms with Crippen LogP contribution in [0.4, 0.5) is 0 Å². The molecule has 0 saturated heterocycles. The minimum Gasteiger partial charge on any atom is -0.466 e. The summed E-state index contributed by atoms with van der Waals surface area (Å²) in [6.45, 7) is 2.12. The summed E-state index contributed by atoms with van der Waals surface area (Å²) in [4.78, 5) is 23.9. The lowest BCUT2D eigenvalue weighted by Gasteiger charge is -1.99. The molecule has 0 radical (unpaired) electrons. The van der Waals surface area contributed by atoms with Crippen molar-refractivity contribution in [1.82, 2.24) is 0 Å². The SMILES string of the molecule is CCOC(=O)C1CC1C(=O)c1ccc(Cl)s1. The molecule has 0 N–H and O–H groups in total. The van der Waals surface area contributed by atoms with Gasteiger partial charge in [0.05, 0.1) is 21.7 Å². The maximum Gasteiger partial charge on any atom is 0.309 e. The quantitative estimate of drug-likeness (QED) is 0.616. The van der Waals surface area contributed by atoms with Gasteiger partial charge in [-0.15, -0.1) is 11.3 Å². The van der Waals surface area contributed by atoms with Crippen molar-refractivity contribution in [2.45, 2.75) is 13.3 Å². The van der Waals surface area contributed by atoms with E-state index in [1.54, 1.807) is 19.1 Å². The van der Waals surface area contributed by atoms with Crippen LogP contribution in [-0.4, -0.2) is 18.4 Å². The topological polar surface area (TPSA) is 43.4 Å². The van der Waals surface area contributed by atoms with E-state index >= 15 is 0 Å². The summed E-state index contributed by atoms with van der Waals surface area (Å²) in [6.07, 6.45) is 0.604. The summed E-state index contributed by atoms with van der Waals surface area (Å²) in [5.41, 5.74) is 0. The van der Waals surface area contributed by atoms with Crippen molar-refractivity contribution < 1.29 is 14.3 Å². The average molecular weight is 259 g/mol. The van der Waals surface area contributed by atoms with Crippen LogP contribution in [0.3, 0.4) is 0 Å². The van der Waals surface area contributed by atoms with Crippen molar-refractivity contribution in [2.75, 3.05) is 6.61 Å².